The Hall–Kier alpha value is -2.88. The Morgan fingerprint density at radius 3 is 2.67 bits per heavy atom. The van der Waals surface area contributed by atoms with Gasteiger partial charge in [-0.05, 0) is 47.5 Å². The maximum atomic E-state index is 12.4. The number of nitrogens with zero attached hydrogens (tertiary/aromatic N) is 1. The summed E-state index contributed by atoms with van der Waals surface area (Å²) in [7, 11) is 1.66. The summed E-state index contributed by atoms with van der Waals surface area (Å²) >= 11 is 0. The zero-order valence-corrected chi connectivity index (χ0v) is 13.8. The smallest absolute Gasteiger partial charge is 0.227 e. The van der Waals surface area contributed by atoms with Crippen LogP contribution in [0.3, 0.4) is 0 Å². The number of benzene rings is 2. The fourth-order valence-corrected chi connectivity index (χ4v) is 2.62. The second-order valence-corrected chi connectivity index (χ2v) is 5.73. The third-order valence-corrected chi connectivity index (χ3v) is 4.13. The largest absolute Gasteiger partial charge is 0.497 e. The quantitative estimate of drug-likeness (QED) is 0.780. The maximum absolute atomic E-state index is 12.4. The van der Waals surface area contributed by atoms with Crippen LogP contribution in [-0.4, -0.2) is 18.0 Å². The standard InChI is InChI=1S/C20H20N2O2/c1-14(20(23)22-13-18-5-3-4-10-21-18)15-6-7-17-12-19(24-2)9-8-16(17)11-15/h3-12,14H,13H2,1-2H3,(H,22,23)/t14-/m1/s1. The fourth-order valence-electron chi connectivity index (χ4n) is 2.62. The molecule has 0 fully saturated rings. The van der Waals surface area contributed by atoms with Crippen LogP contribution < -0.4 is 10.1 Å². The number of pyridine rings is 1. The first-order chi connectivity index (χ1) is 11.7. The van der Waals surface area contributed by atoms with Gasteiger partial charge in [0.25, 0.3) is 0 Å². The molecular weight excluding hydrogens is 300 g/mol. The number of hydrogen-bond acceptors (Lipinski definition) is 3. The molecule has 3 aromatic rings. The Balaban J connectivity index is 1.72. The third kappa shape index (κ3) is 3.54. The Kier molecular flexibility index (Phi) is 4.75. The van der Waals surface area contributed by atoms with Crippen molar-refractivity contribution in [3.05, 3.63) is 72.1 Å². The average Bonchev–Trinajstić information content (AvgIpc) is 2.65. The molecule has 0 aliphatic rings. The molecule has 1 amide bonds. The molecule has 0 spiro atoms. The second kappa shape index (κ2) is 7.13. The van der Waals surface area contributed by atoms with Gasteiger partial charge in [0.1, 0.15) is 5.75 Å². The van der Waals surface area contributed by atoms with E-state index < -0.39 is 0 Å². The van der Waals surface area contributed by atoms with Gasteiger partial charge in [0.15, 0.2) is 0 Å². The number of methoxy groups -OCH3 is 1. The van der Waals surface area contributed by atoms with E-state index in [0.29, 0.717) is 6.54 Å². The number of hydrogen-bond donors (Lipinski definition) is 1. The minimum Gasteiger partial charge on any atom is -0.497 e. The van der Waals surface area contributed by atoms with Crippen molar-refractivity contribution in [3.63, 3.8) is 0 Å². The summed E-state index contributed by atoms with van der Waals surface area (Å²) in [5, 5.41) is 5.13. The molecule has 0 saturated carbocycles. The van der Waals surface area contributed by atoms with Crippen LogP contribution in [0.1, 0.15) is 24.1 Å². The van der Waals surface area contributed by atoms with Gasteiger partial charge >= 0.3 is 0 Å². The van der Waals surface area contributed by atoms with Crippen molar-refractivity contribution in [1.29, 1.82) is 0 Å². The highest BCUT2D eigenvalue weighted by Gasteiger charge is 2.15. The molecule has 3 rings (SSSR count). The van der Waals surface area contributed by atoms with Gasteiger partial charge in [0.05, 0.1) is 25.3 Å². The molecule has 0 aliphatic heterocycles. The summed E-state index contributed by atoms with van der Waals surface area (Å²) in [5.41, 5.74) is 1.84. The van der Waals surface area contributed by atoms with Crippen molar-refractivity contribution < 1.29 is 9.53 Å². The van der Waals surface area contributed by atoms with Gasteiger partial charge in [-0.25, -0.2) is 0 Å². The lowest BCUT2D eigenvalue weighted by Crippen LogP contribution is -2.27. The maximum Gasteiger partial charge on any atom is 0.227 e. The average molecular weight is 320 g/mol. The minimum atomic E-state index is -0.222. The number of ether oxygens (including phenoxy) is 1. The van der Waals surface area contributed by atoms with Crippen molar-refractivity contribution in [3.8, 4) is 5.75 Å². The summed E-state index contributed by atoms with van der Waals surface area (Å²) in [4.78, 5) is 16.6. The number of fused-ring (bicyclic) bond motifs is 1. The van der Waals surface area contributed by atoms with E-state index in [1.54, 1.807) is 13.3 Å². The first-order valence-corrected chi connectivity index (χ1v) is 7.92. The van der Waals surface area contributed by atoms with Crippen molar-refractivity contribution in [2.45, 2.75) is 19.4 Å². The van der Waals surface area contributed by atoms with Crippen LogP contribution in [0.5, 0.6) is 5.75 Å². The SMILES string of the molecule is COc1ccc2cc([C@@H](C)C(=O)NCc3ccccn3)ccc2c1. The Labute approximate surface area is 141 Å². The molecule has 24 heavy (non-hydrogen) atoms. The monoisotopic (exact) mass is 320 g/mol. The summed E-state index contributed by atoms with van der Waals surface area (Å²) in [5.74, 6) is 0.602. The minimum absolute atomic E-state index is 0.00600. The van der Waals surface area contributed by atoms with E-state index in [1.165, 1.54) is 0 Å². The molecule has 122 valence electrons. The lowest BCUT2D eigenvalue weighted by Gasteiger charge is -2.13. The van der Waals surface area contributed by atoms with Gasteiger partial charge in [-0.3, -0.25) is 9.78 Å². The number of rotatable bonds is 5. The highest BCUT2D eigenvalue weighted by atomic mass is 16.5. The first kappa shape index (κ1) is 16.0. The number of carbonyl (C=O) groups is 1. The number of carbonyl (C=O) groups excluding carboxylic acids is 1. The molecule has 1 aromatic heterocycles. The third-order valence-electron chi connectivity index (χ3n) is 4.13. The van der Waals surface area contributed by atoms with E-state index in [0.717, 1.165) is 27.8 Å². The van der Waals surface area contributed by atoms with Gasteiger partial charge in [0, 0.05) is 6.20 Å². The predicted octanol–water partition coefficient (Wildman–Crippen LogP) is 3.66. The molecule has 1 N–H and O–H groups in total. The van der Waals surface area contributed by atoms with E-state index in [9.17, 15) is 4.79 Å². The highest BCUT2D eigenvalue weighted by Crippen LogP contribution is 2.25. The molecule has 0 unspecified atom stereocenters. The molecule has 4 heteroatoms. The Bertz CT molecular complexity index is 847. The molecule has 1 heterocycles. The summed E-state index contributed by atoms with van der Waals surface area (Å²) in [6.45, 7) is 2.35. The number of amides is 1. The van der Waals surface area contributed by atoms with E-state index in [-0.39, 0.29) is 11.8 Å². The normalized spacial score (nSPS) is 11.9. The topological polar surface area (TPSA) is 51.2 Å². The van der Waals surface area contributed by atoms with Crippen LogP contribution in [0.2, 0.25) is 0 Å². The van der Waals surface area contributed by atoms with Gasteiger partial charge in [-0.1, -0.05) is 30.3 Å². The molecule has 0 bridgehead atoms. The molecule has 0 aliphatic carbocycles. The van der Waals surface area contributed by atoms with Gasteiger partial charge < -0.3 is 10.1 Å². The molecule has 1 atom stereocenters. The van der Waals surface area contributed by atoms with E-state index in [2.05, 4.69) is 16.4 Å². The van der Waals surface area contributed by atoms with Crippen molar-refractivity contribution in [2.24, 2.45) is 0 Å². The first-order valence-electron chi connectivity index (χ1n) is 7.92. The van der Waals surface area contributed by atoms with E-state index >= 15 is 0 Å². The van der Waals surface area contributed by atoms with Crippen LogP contribution in [0.25, 0.3) is 10.8 Å². The Morgan fingerprint density at radius 2 is 1.92 bits per heavy atom. The molecule has 4 nitrogen and oxygen atoms in total. The van der Waals surface area contributed by atoms with Crippen molar-refractivity contribution >= 4 is 16.7 Å². The lowest BCUT2D eigenvalue weighted by atomic mass is 9.97. The van der Waals surface area contributed by atoms with Crippen LogP contribution in [-0.2, 0) is 11.3 Å². The number of nitrogens with one attached hydrogen (secondary N) is 1. The van der Waals surface area contributed by atoms with Gasteiger partial charge in [-0.15, -0.1) is 0 Å². The zero-order valence-electron chi connectivity index (χ0n) is 13.8. The van der Waals surface area contributed by atoms with Crippen LogP contribution >= 0.6 is 0 Å². The summed E-state index contributed by atoms with van der Waals surface area (Å²) < 4.78 is 5.24. The van der Waals surface area contributed by atoms with Gasteiger partial charge in [0.2, 0.25) is 5.91 Å². The van der Waals surface area contributed by atoms with Gasteiger partial charge in [-0.2, -0.15) is 0 Å². The lowest BCUT2D eigenvalue weighted by molar-refractivity contribution is -0.122. The van der Waals surface area contributed by atoms with E-state index in [1.807, 2.05) is 55.5 Å². The second-order valence-electron chi connectivity index (χ2n) is 5.73. The summed E-state index contributed by atoms with van der Waals surface area (Å²) in [6, 6.07) is 17.7. The van der Waals surface area contributed by atoms with Crippen LogP contribution in [0.4, 0.5) is 0 Å². The summed E-state index contributed by atoms with van der Waals surface area (Å²) in [6.07, 6.45) is 1.72. The van der Waals surface area contributed by atoms with Crippen molar-refractivity contribution in [1.82, 2.24) is 10.3 Å². The van der Waals surface area contributed by atoms with Crippen LogP contribution in [0.15, 0.2) is 60.8 Å². The molecular formula is C20H20N2O2. The predicted molar refractivity (Wildman–Crippen MR) is 95.0 cm³/mol. The highest BCUT2D eigenvalue weighted by molar-refractivity contribution is 5.88. The fraction of sp³-hybridized carbons (Fsp3) is 0.200. The number of aromatic nitrogens is 1. The molecule has 2 aromatic carbocycles. The van der Waals surface area contributed by atoms with Crippen LogP contribution in [0, 0.1) is 0 Å². The molecule has 0 radical (unpaired) electrons. The Morgan fingerprint density at radius 1 is 1.12 bits per heavy atom. The van der Waals surface area contributed by atoms with Crippen molar-refractivity contribution in [2.75, 3.05) is 7.11 Å². The molecule has 0 saturated heterocycles. The van der Waals surface area contributed by atoms with E-state index in [4.69, 9.17) is 4.74 Å². The zero-order chi connectivity index (χ0) is 16.9.